The van der Waals surface area contributed by atoms with Gasteiger partial charge in [-0.2, -0.15) is 0 Å². The number of benzene rings is 1. The van der Waals surface area contributed by atoms with Gasteiger partial charge < -0.3 is 4.74 Å². The van der Waals surface area contributed by atoms with Gasteiger partial charge in [0.2, 0.25) is 0 Å². The van der Waals surface area contributed by atoms with Gasteiger partial charge in [0.25, 0.3) is 0 Å². The molecule has 0 bridgehead atoms. The normalized spacial score (nSPS) is 17.2. The van der Waals surface area contributed by atoms with E-state index in [2.05, 4.69) is 13.8 Å². The maximum Gasteiger partial charge on any atom is 0.165 e. The predicted molar refractivity (Wildman–Crippen MR) is 67.8 cm³/mol. The molecule has 0 aromatic heterocycles. The fourth-order valence-electron chi connectivity index (χ4n) is 2.13. The summed E-state index contributed by atoms with van der Waals surface area (Å²) >= 11 is 0. The van der Waals surface area contributed by atoms with E-state index in [9.17, 15) is 4.39 Å². The Labute approximate surface area is 103 Å². The Morgan fingerprint density at radius 3 is 2.59 bits per heavy atom. The first kappa shape index (κ1) is 12.4. The third-order valence-corrected chi connectivity index (χ3v) is 3.27. The second kappa shape index (κ2) is 5.07. The van der Waals surface area contributed by atoms with E-state index in [1.807, 2.05) is 13.0 Å². The fraction of sp³-hybridized carbons (Fsp3) is 0.600. The van der Waals surface area contributed by atoms with E-state index in [4.69, 9.17) is 4.74 Å². The summed E-state index contributed by atoms with van der Waals surface area (Å²) in [7, 11) is 0. The highest BCUT2D eigenvalue weighted by Gasteiger charge is 2.30. The standard InChI is InChI=1S/C15H21FO/c1-10(2)9-13-5-4-6-14(16)15(13)17-11(3)12-7-8-12/h4-6,10-12H,7-9H2,1-3H3. The highest BCUT2D eigenvalue weighted by Crippen LogP contribution is 2.36. The van der Waals surface area contributed by atoms with Gasteiger partial charge >= 0.3 is 0 Å². The molecule has 2 heteroatoms. The number of hydrogen-bond donors (Lipinski definition) is 0. The van der Waals surface area contributed by atoms with Crippen molar-refractivity contribution in [1.29, 1.82) is 0 Å². The molecule has 1 aliphatic carbocycles. The number of para-hydroxylation sites is 1. The van der Waals surface area contributed by atoms with E-state index in [1.165, 1.54) is 18.9 Å². The molecule has 1 aliphatic rings. The van der Waals surface area contributed by atoms with E-state index in [0.717, 1.165) is 12.0 Å². The zero-order valence-electron chi connectivity index (χ0n) is 10.9. The molecule has 1 saturated carbocycles. The number of rotatable bonds is 5. The lowest BCUT2D eigenvalue weighted by Gasteiger charge is -2.18. The summed E-state index contributed by atoms with van der Waals surface area (Å²) in [6, 6.07) is 5.22. The lowest BCUT2D eigenvalue weighted by atomic mass is 10.0. The summed E-state index contributed by atoms with van der Waals surface area (Å²) in [5, 5.41) is 0. The molecule has 0 amide bonds. The first-order valence-electron chi connectivity index (χ1n) is 6.52. The molecule has 0 N–H and O–H groups in total. The van der Waals surface area contributed by atoms with Gasteiger partial charge in [-0.3, -0.25) is 0 Å². The first-order valence-corrected chi connectivity index (χ1v) is 6.52. The number of hydrogen-bond acceptors (Lipinski definition) is 1. The van der Waals surface area contributed by atoms with Crippen molar-refractivity contribution in [3.05, 3.63) is 29.6 Å². The molecule has 1 fully saturated rings. The van der Waals surface area contributed by atoms with Gasteiger partial charge in [0.1, 0.15) is 0 Å². The summed E-state index contributed by atoms with van der Waals surface area (Å²) in [6.45, 7) is 6.32. The predicted octanol–water partition coefficient (Wildman–Crippen LogP) is 4.20. The van der Waals surface area contributed by atoms with Gasteiger partial charge in [-0.1, -0.05) is 26.0 Å². The van der Waals surface area contributed by atoms with Gasteiger partial charge in [-0.25, -0.2) is 4.39 Å². The van der Waals surface area contributed by atoms with Crippen LogP contribution in [0.3, 0.4) is 0 Å². The van der Waals surface area contributed by atoms with Crippen LogP contribution in [0.2, 0.25) is 0 Å². The molecule has 1 unspecified atom stereocenters. The lowest BCUT2D eigenvalue weighted by Crippen LogP contribution is -2.16. The van der Waals surface area contributed by atoms with Crippen LogP contribution in [-0.2, 0) is 6.42 Å². The van der Waals surface area contributed by atoms with Crippen molar-refractivity contribution in [2.45, 2.75) is 46.1 Å². The smallest absolute Gasteiger partial charge is 0.165 e. The Balaban J connectivity index is 2.16. The third kappa shape index (κ3) is 3.21. The van der Waals surface area contributed by atoms with Gasteiger partial charge in [-0.05, 0) is 49.7 Å². The Kier molecular flexibility index (Phi) is 3.70. The lowest BCUT2D eigenvalue weighted by molar-refractivity contribution is 0.187. The molecule has 2 rings (SSSR count). The van der Waals surface area contributed by atoms with Gasteiger partial charge in [0.15, 0.2) is 11.6 Å². The van der Waals surface area contributed by atoms with Crippen LogP contribution < -0.4 is 4.74 Å². The Morgan fingerprint density at radius 1 is 1.29 bits per heavy atom. The molecule has 94 valence electrons. The average Bonchev–Trinajstić information content (AvgIpc) is 3.05. The van der Waals surface area contributed by atoms with Gasteiger partial charge in [0, 0.05) is 0 Å². The van der Waals surface area contributed by atoms with Crippen LogP contribution in [0, 0.1) is 17.7 Å². The molecule has 0 saturated heterocycles. The highest BCUT2D eigenvalue weighted by atomic mass is 19.1. The molecule has 0 aliphatic heterocycles. The van der Waals surface area contributed by atoms with E-state index >= 15 is 0 Å². The summed E-state index contributed by atoms with van der Waals surface area (Å²) in [5.74, 6) is 1.38. The summed E-state index contributed by atoms with van der Waals surface area (Å²) in [6.07, 6.45) is 3.44. The first-order chi connectivity index (χ1) is 8.08. The molecule has 1 atom stereocenters. The van der Waals surface area contributed by atoms with Crippen LogP contribution in [0.25, 0.3) is 0 Å². The summed E-state index contributed by atoms with van der Waals surface area (Å²) in [4.78, 5) is 0. The maximum atomic E-state index is 13.8. The zero-order valence-corrected chi connectivity index (χ0v) is 10.9. The molecule has 1 aromatic rings. The number of ether oxygens (including phenoxy) is 1. The minimum atomic E-state index is -0.226. The Bertz CT molecular complexity index is 383. The number of halogens is 1. The zero-order chi connectivity index (χ0) is 12.4. The molecular weight excluding hydrogens is 215 g/mol. The second-order valence-corrected chi connectivity index (χ2v) is 5.49. The van der Waals surface area contributed by atoms with Crippen LogP contribution in [-0.4, -0.2) is 6.10 Å². The summed E-state index contributed by atoms with van der Waals surface area (Å²) in [5.41, 5.74) is 0.993. The summed E-state index contributed by atoms with van der Waals surface area (Å²) < 4.78 is 19.6. The monoisotopic (exact) mass is 236 g/mol. The third-order valence-electron chi connectivity index (χ3n) is 3.27. The van der Waals surface area contributed by atoms with Crippen molar-refractivity contribution in [2.24, 2.45) is 11.8 Å². The maximum absolute atomic E-state index is 13.8. The molecule has 17 heavy (non-hydrogen) atoms. The van der Waals surface area contributed by atoms with Crippen LogP contribution in [0.15, 0.2) is 18.2 Å². The highest BCUT2D eigenvalue weighted by molar-refractivity contribution is 5.35. The van der Waals surface area contributed by atoms with Crippen LogP contribution >= 0.6 is 0 Å². The topological polar surface area (TPSA) is 9.23 Å². The van der Waals surface area contributed by atoms with Crippen molar-refractivity contribution in [1.82, 2.24) is 0 Å². The molecular formula is C15H21FO. The largest absolute Gasteiger partial charge is 0.487 e. The van der Waals surface area contributed by atoms with Crippen LogP contribution in [0.1, 0.15) is 39.2 Å². The average molecular weight is 236 g/mol. The van der Waals surface area contributed by atoms with Crippen LogP contribution in [0.4, 0.5) is 4.39 Å². The van der Waals surface area contributed by atoms with E-state index in [0.29, 0.717) is 17.6 Å². The Hall–Kier alpha value is -1.05. The minimum Gasteiger partial charge on any atom is -0.487 e. The van der Waals surface area contributed by atoms with Gasteiger partial charge in [-0.15, -0.1) is 0 Å². The van der Waals surface area contributed by atoms with Crippen LogP contribution in [0.5, 0.6) is 5.75 Å². The van der Waals surface area contributed by atoms with Crippen molar-refractivity contribution in [3.8, 4) is 5.75 Å². The molecule has 1 aromatic carbocycles. The van der Waals surface area contributed by atoms with E-state index in [-0.39, 0.29) is 11.9 Å². The van der Waals surface area contributed by atoms with Gasteiger partial charge in [0.05, 0.1) is 6.10 Å². The van der Waals surface area contributed by atoms with Crippen molar-refractivity contribution >= 4 is 0 Å². The van der Waals surface area contributed by atoms with Crippen molar-refractivity contribution in [3.63, 3.8) is 0 Å². The molecule has 0 heterocycles. The molecule has 1 nitrogen and oxygen atoms in total. The molecule has 0 radical (unpaired) electrons. The van der Waals surface area contributed by atoms with E-state index in [1.54, 1.807) is 6.07 Å². The minimum absolute atomic E-state index is 0.137. The fourth-order valence-corrected chi connectivity index (χ4v) is 2.13. The van der Waals surface area contributed by atoms with Crippen molar-refractivity contribution < 1.29 is 9.13 Å². The second-order valence-electron chi connectivity index (χ2n) is 5.49. The molecule has 0 spiro atoms. The SMILES string of the molecule is CC(C)Cc1cccc(F)c1OC(C)C1CC1. The van der Waals surface area contributed by atoms with Crippen molar-refractivity contribution in [2.75, 3.05) is 0 Å². The Morgan fingerprint density at radius 2 is 2.00 bits per heavy atom. The quantitative estimate of drug-likeness (QED) is 0.744. The van der Waals surface area contributed by atoms with E-state index < -0.39 is 0 Å².